The summed E-state index contributed by atoms with van der Waals surface area (Å²) in [5.74, 6) is -2.21. The van der Waals surface area contributed by atoms with E-state index in [1.807, 2.05) is 0 Å². The van der Waals surface area contributed by atoms with E-state index in [1.165, 1.54) is 12.3 Å². The molecular weight excluding hydrogens is 198 g/mol. The lowest BCUT2D eigenvalue weighted by Gasteiger charge is -1.99. The third-order valence-corrected chi connectivity index (χ3v) is 1.63. The Labute approximate surface area is 86.0 Å². The Morgan fingerprint density at radius 1 is 1.53 bits per heavy atom. The first-order valence-electron chi connectivity index (χ1n) is 4.08. The highest BCUT2D eigenvalue weighted by Gasteiger charge is 2.17. The zero-order chi connectivity index (χ0) is 11.3. The number of esters is 1. The van der Waals surface area contributed by atoms with E-state index in [0.717, 1.165) is 7.11 Å². The van der Waals surface area contributed by atoms with E-state index in [4.69, 9.17) is 5.11 Å². The van der Waals surface area contributed by atoms with Crippen LogP contribution in [0.15, 0.2) is 30.1 Å². The quantitative estimate of drug-likeness (QED) is 0.342. The summed E-state index contributed by atoms with van der Waals surface area (Å²) in [5, 5.41) is 8.75. The van der Waals surface area contributed by atoms with Crippen LogP contribution in [0, 0.1) is 0 Å². The summed E-state index contributed by atoms with van der Waals surface area (Å²) in [7, 11) is 1.13. The first-order valence-corrected chi connectivity index (χ1v) is 4.08. The average Bonchev–Trinajstić information content (AvgIpc) is 2.26. The molecule has 0 radical (unpaired) electrons. The number of pyridine rings is 1. The van der Waals surface area contributed by atoms with E-state index in [9.17, 15) is 9.59 Å². The van der Waals surface area contributed by atoms with Crippen molar-refractivity contribution in [1.29, 1.82) is 0 Å². The molecule has 0 spiro atoms. The van der Waals surface area contributed by atoms with Crippen LogP contribution in [0.3, 0.4) is 0 Å². The smallest absolute Gasteiger partial charge is 0.345 e. The summed E-state index contributed by atoms with van der Waals surface area (Å²) in [6.07, 6.45) is 4.21. The van der Waals surface area contributed by atoms with Gasteiger partial charge < -0.3 is 9.84 Å². The average molecular weight is 207 g/mol. The number of ether oxygens (including phenoxy) is 1. The van der Waals surface area contributed by atoms with Crippen LogP contribution in [0.2, 0.25) is 0 Å². The predicted molar refractivity (Wildman–Crippen MR) is 51.9 cm³/mol. The van der Waals surface area contributed by atoms with Crippen molar-refractivity contribution in [2.45, 2.75) is 0 Å². The third kappa shape index (κ3) is 2.91. The van der Waals surface area contributed by atoms with Gasteiger partial charge in [-0.05, 0) is 17.7 Å². The molecule has 0 aliphatic carbocycles. The van der Waals surface area contributed by atoms with Crippen LogP contribution in [0.25, 0.3) is 6.08 Å². The molecule has 1 N–H and O–H groups in total. The Bertz CT molecular complexity index is 397. The second-order valence-corrected chi connectivity index (χ2v) is 2.64. The van der Waals surface area contributed by atoms with Crippen LogP contribution in [0.5, 0.6) is 0 Å². The first-order chi connectivity index (χ1) is 7.15. The van der Waals surface area contributed by atoms with Crippen molar-refractivity contribution >= 4 is 18.0 Å². The molecule has 0 unspecified atom stereocenters. The van der Waals surface area contributed by atoms with Gasteiger partial charge >= 0.3 is 11.9 Å². The SMILES string of the molecule is COC(=O)C(=Cc1cccnc1)C(=O)O. The number of rotatable bonds is 3. The van der Waals surface area contributed by atoms with Gasteiger partial charge in [-0.2, -0.15) is 0 Å². The number of carbonyl (C=O) groups excluding carboxylic acids is 1. The van der Waals surface area contributed by atoms with Gasteiger partial charge in [-0.15, -0.1) is 0 Å². The molecule has 0 bridgehead atoms. The Kier molecular flexibility index (Phi) is 3.56. The number of aromatic nitrogens is 1. The minimum absolute atomic E-state index is 0.425. The standard InChI is InChI=1S/C10H9NO4/c1-15-10(14)8(9(12)13)5-7-3-2-4-11-6-7/h2-6H,1H3,(H,12,13). The van der Waals surface area contributed by atoms with Crippen LogP contribution in [0.1, 0.15) is 5.56 Å². The fraction of sp³-hybridized carbons (Fsp3) is 0.100. The maximum Gasteiger partial charge on any atom is 0.345 e. The highest BCUT2D eigenvalue weighted by Crippen LogP contribution is 2.06. The number of hydrogen-bond donors (Lipinski definition) is 1. The summed E-state index contributed by atoms with van der Waals surface area (Å²) in [5.41, 5.74) is 0.103. The van der Waals surface area contributed by atoms with Crippen molar-refractivity contribution in [1.82, 2.24) is 4.98 Å². The summed E-state index contributed by atoms with van der Waals surface area (Å²) in [6, 6.07) is 3.28. The second-order valence-electron chi connectivity index (χ2n) is 2.64. The highest BCUT2D eigenvalue weighted by molar-refractivity contribution is 6.16. The predicted octanol–water partition coefficient (Wildman–Crippen LogP) is 0.723. The Morgan fingerprint density at radius 2 is 2.27 bits per heavy atom. The summed E-state index contributed by atoms with van der Waals surface area (Å²) < 4.78 is 4.34. The highest BCUT2D eigenvalue weighted by atomic mass is 16.5. The molecule has 0 aliphatic heterocycles. The van der Waals surface area contributed by atoms with Gasteiger partial charge in [-0.25, -0.2) is 9.59 Å². The number of aliphatic carboxylic acids is 1. The van der Waals surface area contributed by atoms with Gasteiger partial charge in [0.1, 0.15) is 5.57 Å². The monoisotopic (exact) mass is 207 g/mol. The number of carboxylic acid groups (broad SMARTS) is 1. The second kappa shape index (κ2) is 4.90. The zero-order valence-electron chi connectivity index (χ0n) is 8.01. The molecule has 0 fully saturated rings. The van der Waals surface area contributed by atoms with Crippen molar-refractivity contribution in [3.8, 4) is 0 Å². The number of methoxy groups -OCH3 is 1. The van der Waals surface area contributed by atoms with Crippen LogP contribution in [0.4, 0.5) is 0 Å². The fourth-order valence-corrected chi connectivity index (χ4v) is 0.946. The molecule has 15 heavy (non-hydrogen) atoms. The van der Waals surface area contributed by atoms with E-state index < -0.39 is 17.5 Å². The minimum atomic E-state index is -1.33. The van der Waals surface area contributed by atoms with Gasteiger partial charge in [0.2, 0.25) is 0 Å². The van der Waals surface area contributed by atoms with E-state index in [-0.39, 0.29) is 0 Å². The van der Waals surface area contributed by atoms with Crippen molar-refractivity contribution in [2.75, 3.05) is 7.11 Å². The molecule has 5 nitrogen and oxygen atoms in total. The summed E-state index contributed by atoms with van der Waals surface area (Å²) in [6.45, 7) is 0. The molecule has 0 aliphatic rings. The van der Waals surface area contributed by atoms with Crippen LogP contribution in [-0.4, -0.2) is 29.1 Å². The molecule has 1 heterocycles. The van der Waals surface area contributed by atoms with Crippen molar-refractivity contribution in [2.24, 2.45) is 0 Å². The van der Waals surface area contributed by atoms with E-state index in [1.54, 1.807) is 18.3 Å². The Balaban J connectivity index is 3.05. The lowest BCUT2D eigenvalue weighted by Crippen LogP contribution is -2.13. The van der Waals surface area contributed by atoms with Gasteiger partial charge in [-0.3, -0.25) is 4.98 Å². The van der Waals surface area contributed by atoms with E-state index in [2.05, 4.69) is 9.72 Å². The molecule has 78 valence electrons. The van der Waals surface area contributed by atoms with Crippen LogP contribution >= 0.6 is 0 Å². The fourth-order valence-electron chi connectivity index (χ4n) is 0.946. The van der Waals surface area contributed by atoms with Crippen molar-refractivity contribution in [3.63, 3.8) is 0 Å². The Hall–Kier alpha value is -2.17. The maximum atomic E-state index is 11.1. The van der Waals surface area contributed by atoms with Gasteiger partial charge in [0.15, 0.2) is 0 Å². The molecule has 0 saturated carbocycles. The molecule has 0 atom stereocenters. The molecule has 0 amide bonds. The molecule has 1 aromatic rings. The Morgan fingerprint density at radius 3 is 2.73 bits per heavy atom. The topological polar surface area (TPSA) is 76.5 Å². The van der Waals surface area contributed by atoms with Crippen molar-refractivity contribution in [3.05, 3.63) is 35.7 Å². The third-order valence-electron chi connectivity index (χ3n) is 1.63. The van der Waals surface area contributed by atoms with Gasteiger partial charge in [0, 0.05) is 12.4 Å². The molecule has 1 rings (SSSR count). The van der Waals surface area contributed by atoms with Crippen LogP contribution < -0.4 is 0 Å². The lowest BCUT2D eigenvalue weighted by atomic mass is 10.2. The largest absolute Gasteiger partial charge is 0.477 e. The van der Waals surface area contributed by atoms with Crippen LogP contribution in [-0.2, 0) is 14.3 Å². The minimum Gasteiger partial charge on any atom is -0.477 e. The zero-order valence-corrected chi connectivity index (χ0v) is 8.01. The molecule has 0 aromatic carbocycles. The number of hydrogen-bond acceptors (Lipinski definition) is 4. The number of carboxylic acids is 1. The number of carbonyl (C=O) groups is 2. The summed E-state index contributed by atoms with van der Waals surface area (Å²) >= 11 is 0. The molecule has 1 aromatic heterocycles. The number of nitrogens with zero attached hydrogens (tertiary/aromatic N) is 1. The lowest BCUT2D eigenvalue weighted by molar-refractivity contribution is -0.142. The van der Waals surface area contributed by atoms with Gasteiger partial charge in [0.25, 0.3) is 0 Å². The van der Waals surface area contributed by atoms with Crippen molar-refractivity contribution < 1.29 is 19.4 Å². The maximum absolute atomic E-state index is 11.1. The summed E-state index contributed by atoms with van der Waals surface area (Å²) in [4.78, 5) is 25.6. The van der Waals surface area contributed by atoms with Gasteiger partial charge in [-0.1, -0.05) is 6.07 Å². The first kappa shape index (κ1) is 10.9. The van der Waals surface area contributed by atoms with Gasteiger partial charge in [0.05, 0.1) is 7.11 Å². The van der Waals surface area contributed by atoms with E-state index in [0.29, 0.717) is 5.56 Å². The normalized spacial score (nSPS) is 10.9. The van der Waals surface area contributed by atoms with E-state index >= 15 is 0 Å². The molecule has 0 saturated heterocycles. The molecule has 5 heteroatoms. The molecular formula is C10H9NO4.